The van der Waals surface area contributed by atoms with E-state index in [-0.39, 0.29) is 5.71 Å². The minimum Gasteiger partial charge on any atom is -0.480 e. The van der Waals surface area contributed by atoms with Crippen molar-refractivity contribution in [3.8, 4) is 0 Å². The zero-order valence-corrected chi connectivity index (χ0v) is 8.25. The SMILES string of the molecule is C/C(=N\Br)C(=O)N[C@@H](C)C(=O)O. The Morgan fingerprint density at radius 3 is 2.42 bits per heavy atom. The van der Waals surface area contributed by atoms with E-state index in [9.17, 15) is 9.59 Å². The molecular formula is C6H9BrN2O3. The van der Waals surface area contributed by atoms with Gasteiger partial charge in [-0.3, -0.25) is 9.59 Å². The van der Waals surface area contributed by atoms with E-state index in [2.05, 4.69) is 25.5 Å². The molecule has 0 bridgehead atoms. The van der Waals surface area contributed by atoms with Crippen LogP contribution < -0.4 is 5.32 Å². The highest BCUT2D eigenvalue weighted by atomic mass is 79.9. The Morgan fingerprint density at radius 1 is 1.58 bits per heavy atom. The number of carbonyl (C=O) groups is 2. The molecule has 1 amide bonds. The molecule has 0 aliphatic rings. The van der Waals surface area contributed by atoms with Crippen LogP contribution in [-0.4, -0.2) is 28.7 Å². The van der Waals surface area contributed by atoms with Crippen LogP contribution in [0.2, 0.25) is 0 Å². The molecule has 0 aliphatic heterocycles. The van der Waals surface area contributed by atoms with Crippen molar-refractivity contribution in [1.82, 2.24) is 5.32 Å². The van der Waals surface area contributed by atoms with Crippen molar-refractivity contribution in [3.63, 3.8) is 0 Å². The van der Waals surface area contributed by atoms with Gasteiger partial charge in [-0.05, 0) is 13.8 Å². The van der Waals surface area contributed by atoms with Gasteiger partial charge in [0.25, 0.3) is 5.91 Å². The quantitative estimate of drug-likeness (QED) is 0.695. The topological polar surface area (TPSA) is 78.8 Å². The van der Waals surface area contributed by atoms with Gasteiger partial charge in [0.15, 0.2) is 0 Å². The Hall–Kier alpha value is -0.910. The van der Waals surface area contributed by atoms with Gasteiger partial charge in [-0.2, -0.15) is 0 Å². The molecule has 68 valence electrons. The number of carboxylic acids is 1. The summed E-state index contributed by atoms with van der Waals surface area (Å²) < 4.78 is 3.42. The molecule has 0 rings (SSSR count). The maximum Gasteiger partial charge on any atom is 0.325 e. The van der Waals surface area contributed by atoms with Gasteiger partial charge < -0.3 is 10.4 Å². The van der Waals surface area contributed by atoms with Crippen LogP contribution in [0.1, 0.15) is 13.8 Å². The van der Waals surface area contributed by atoms with E-state index in [0.29, 0.717) is 0 Å². The van der Waals surface area contributed by atoms with Gasteiger partial charge in [-0.15, -0.1) is 0 Å². The van der Waals surface area contributed by atoms with Crippen LogP contribution in [-0.2, 0) is 9.59 Å². The molecule has 0 fully saturated rings. The van der Waals surface area contributed by atoms with Gasteiger partial charge in [-0.25, -0.2) is 4.02 Å². The average molecular weight is 237 g/mol. The Labute approximate surface area is 78.2 Å². The summed E-state index contributed by atoms with van der Waals surface area (Å²) in [7, 11) is 0. The summed E-state index contributed by atoms with van der Waals surface area (Å²) in [5.74, 6) is -1.58. The van der Waals surface area contributed by atoms with Gasteiger partial charge in [0, 0.05) is 0 Å². The molecule has 0 saturated heterocycles. The molecule has 0 radical (unpaired) electrons. The number of rotatable bonds is 3. The van der Waals surface area contributed by atoms with Crippen LogP contribution in [0.4, 0.5) is 0 Å². The second kappa shape index (κ2) is 4.87. The summed E-state index contributed by atoms with van der Waals surface area (Å²) in [6, 6.07) is -0.901. The molecule has 0 aromatic carbocycles. The predicted octanol–water partition coefficient (Wildman–Crippen LogP) is 0.347. The molecule has 6 heteroatoms. The Kier molecular flexibility index (Phi) is 4.50. The van der Waals surface area contributed by atoms with E-state index in [1.165, 1.54) is 13.8 Å². The standard InChI is InChI=1S/C6H9BrN2O3/c1-3(9-7)5(10)8-4(2)6(11)12/h4H,1-2H3,(H,8,10)(H,11,12)/b9-3+/t4-/m0/s1. The lowest BCUT2D eigenvalue weighted by Crippen LogP contribution is -2.41. The van der Waals surface area contributed by atoms with Crippen LogP contribution in [0.25, 0.3) is 0 Å². The zero-order chi connectivity index (χ0) is 9.72. The zero-order valence-electron chi connectivity index (χ0n) is 6.67. The molecule has 12 heavy (non-hydrogen) atoms. The molecule has 1 atom stereocenters. The largest absolute Gasteiger partial charge is 0.480 e. The molecule has 0 aromatic heterocycles. The van der Waals surface area contributed by atoms with E-state index in [1.807, 2.05) is 0 Å². The monoisotopic (exact) mass is 236 g/mol. The highest BCUT2D eigenvalue weighted by Gasteiger charge is 2.14. The van der Waals surface area contributed by atoms with Crippen LogP contribution in [0, 0.1) is 0 Å². The summed E-state index contributed by atoms with van der Waals surface area (Å²) in [5, 5.41) is 10.6. The molecule has 2 N–H and O–H groups in total. The maximum atomic E-state index is 11.0. The number of aliphatic carboxylic acids is 1. The van der Waals surface area contributed by atoms with Crippen molar-refractivity contribution in [2.75, 3.05) is 0 Å². The normalized spacial score (nSPS) is 13.8. The summed E-state index contributed by atoms with van der Waals surface area (Å²) in [6.45, 7) is 2.85. The lowest BCUT2D eigenvalue weighted by atomic mass is 10.3. The molecule has 0 heterocycles. The van der Waals surface area contributed by atoms with Crippen molar-refractivity contribution < 1.29 is 14.7 Å². The second-order valence-electron chi connectivity index (χ2n) is 2.20. The predicted molar refractivity (Wildman–Crippen MR) is 47.3 cm³/mol. The summed E-state index contributed by atoms with van der Waals surface area (Å²) in [5.41, 5.74) is 0.183. The minimum atomic E-state index is -1.08. The maximum absolute atomic E-state index is 11.0. The summed E-state index contributed by atoms with van der Waals surface area (Å²) in [4.78, 5) is 21.2. The number of nitrogens with one attached hydrogen (secondary N) is 1. The number of amides is 1. The summed E-state index contributed by atoms with van der Waals surface area (Å²) in [6.07, 6.45) is 0. The summed E-state index contributed by atoms with van der Waals surface area (Å²) >= 11 is 2.72. The molecule has 0 saturated carbocycles. The minimum absolute atomic E-state index is 0.183. The van der Waals surface area contributed by atoms with E-state index in [1.54, 1.807) is 0 Å². The number of hydrogen-bond acceptors (Lipinski definition) is 3. The van der Waals surface area contributed by atoms with Crippen molar-refractivity contribution >= 4 is 33.7 Å². The van der Waals surface area contributed by atoms with E-state index < -0.39 is 17.9 Å². The van der Waals surface area contributed by atoms with Gasteiger partial charge in [-0.1, -0.05) is 0 Å². The van der Waals surface area contributed by atoms with Crippen molar-refractivity contribution in [1.29, 1.82) is 0 Å². The average Bonchev–Trinajstić information content (AvgIpc) is 2.02. The van der Waals surface area contributed by atoms with Crippen molar-refractivity contribution in [3.05, 3.63) is 0 Å². The third-order valence-electron chi connectivity index (χ3n) is 1.17. The second-order valence-corrected chi connectivity index (χ2v) is 2.56. The van der Waals surface area contributed by atoms with E-state index >= 15 is 0 Å². The first-order chi connectivity index (χ1) is 5.49. The van der Waals surface area contributed by atoms with E-state index in [0.717, 1.165) is 0 Å². The number of nitrogens with zero attached hydrogens (tertiary/aromatic N) is 1. The highest BCUT2D eigenvalue weighted by molar-refractivity contribution is 9.08. The Bertz CT molecular complexity index is 227. The molecular weight excluding hydrogens is 228 g/mol. The van der Waals surface area contributed by atoms with Gasteiger partial charge in [0.1, 0.15) is 11.8 Å². The van der Waals surface area contributed by atoms with Crippen molar-refractivity contribution in [2.24, 2.45) is 4.02 Å². The molecule has 0 aliphatic carbocycles. The smallest absolute Gasteiger partial charge is 0.325 e. The lowest BCUT2D eigenvalue weighted by molar-refractivity contribution is -0.140. The van der Waals surface area contributed by atoms with E-state index in [4.69, 9.17) is 5.11 Å². The van der Waals surface area contributed by atoms with Crippen LogP contribution >= 0.6 is 16.1 Å². The lowest BCUT2D eigenvalue weighted by Gasteiger charge is -2.07. The molecule has 0 spiro atoms. The molecule has 0 aromatic rings. The first-order valence-corrected chi connectivity index (χ1v) is 3.89. The molecule has 0 unspecified atom stereocenters. The highest BCUT2D eigenvalue weighted by Crippen LogP contribution is 1.88. The number of carbonyl (C=O) groups excluding carboxylic acids is 1. The number of hydrogen-bond donors (Lipinski definition) is 2. The fourth-order valence-corrected chi connectivity index (χ4v) is 0.562. The third-order valence-corrected chi connectivity index (χ3v) is 1.71. The number of halogens is 1. The Morgan fingerprint density at radius 2 is 2.08 bits per heavy atom. The fourth-order valence-electron chi connectivity index (χ4n) is 0.401. The van der Waals surface area contributed by atoms with Crippen LogP contribution in [0.3, 0.4) is 0 Å². The number of carboxylic acid groups (broad SMARTS) is 1. The first-order valence-electron chi connectivity index (χ1n) is 3.18. The van der Waals surface area contributed by atoms with Gasteiger partial charge in [0.2, 0.25) is 0 Å². The molecule has 5 nitrogen and oxygen atoms in total. The fraction of sp³-hybridized carbons (Fsp3) is 0.500. The van der Waals surface area contributed by atoms with Gasteiger partial charge in [0.05, 0.1) is 16.1 Å². The van der Waals surface area contributed by atoms with Gasteiger partial charge >= 0.3 is 5.97 Å². The Balaban J connectivity index is 4.11. The third kappa shape index (κ3) is 3.47. The van der Waals surface area contributed by atoms with Crippen LogP contribution in [0.5, 0.6) is 0 Å². The van der Waals surface area contributed by atoms with Crippen molar-refractivity contribution in [2.45, 2.75) is 19.9 Å². The first kappa shape index (κ1) is 11.1. The van der Waals surface area contributed by atoms with Crippen LogP contribution in [0.15, 0.2) is 4.02 Å².